The average Bonchev–Trinajstić information content (AvgIpc) is 2.57. The number of hydrogen-bond acceptors (Lipinski definition) is 2. The Morgan fingerprint density at radius 2 is 2.13 bits per heavy atom. The van der Waals surface area contributed by atoms with Gasteiger partial charge in [-0.05, 0) is 25.5 Å². The standard InChI is InChI=1S/C12H16N2O/c1-9-4-5-11(10(2)8-9)13-12-14(3)6-7-15-12/h4-5,8H,6-7H2,1-3H3/b13-12+. The van der Waals surface area contributed by atoms with E-state index in [1.165, 1.54) is 11.1 Å². The van der Waals surface area contributed by atoms with Crippen LogP contribution in [0.15, 0.2) is 23.2 Å². The molecule has 1 aromatic rings. The summed E-state index contributed by atoms with van der Waals surface area (Å²) in [6, 6.07) is 6.96. The average molecular weight is 204 g/mol. The highest BCUT2D eigenvalue weighted by atomic mass is 16.5. The molecule has 1 saturated heterocycles. The zero-order chi connectivity index (χ0) is 10.8. The Kier molecular flexibility index (Phi) is 2.62. The summed E-state index contributed by atoms with van der Waals surface area (Å²) in [6.07, 6.45) is 0. The van der Waals surface area contributed by atoms with Gasteiger partial charge >= 0.3 is 0 Å². The van der Waals surface area contributed by atoms with E-state index in [1.807, 2.05) is 18.0 Å². The first kappa shape index (κ1) is 10.0. The second kappa shape index (κ2) is 3.93. The molecule has 1 aromatic carbocycles. The lowest BCUT2D eigenvalue weighted by Crippen LogP contribution is -2.19. The largest absolute Gasteiger partial charge is 0.463 e. The Labute approximate surface area is 90.4 Å². The molecule has 1 aliphatic heterocycles. The molecule has 2 rings (SSSR count). The Morgan fingerprint density at radius 3 is 2.73 bits per heavy atom. The van der Waals surface area contributed by atoms with Crippen molar-refractivity contribution in [1.82, 2.24) is 4.90 Å². The minimum absolute atomic E-state index is 0.724. The van der Waals surface area contributed by atoms with Crippen LogP contribution < -0.4 is 0 Å². The number of rotatable bonds is 1. The number of hydrogen-bond donors (Lipinski definition) is 0. The molecule has 15 heavy (non-hydrogen) atoms. The Balaban J connectivity index is 2.30. The van der Waals surface area contributed by atoms with E-state index in [0.29, 0.717) is 0 Å². The fourth-order valence-electron chi connectivity index (χ4n) is 1.63. The van der Waals surface area contributed by atoms with Crippen LogP contribution in [0, 0.1) is 13.8 Å². The van der Waals surface area contributed by atoms with Gasteiger partial charge < -0.3 is 9.64 Å². The molecule has 0 atom stereocenters. The number of likely N-dealkylation sites (N-methyl/N-ethyl adjacent to an activating group) is 1. The predicted octanol–water partition coefficient (Wildman–Crippen LogP) is 2.25. The number of nitrogens with zero attached hydrogens (tertiary/aromatic N) is 2. The summed E-state index contributed by atoms with van der Waals surface area (Å²) in [5.74, 6) is 0. The van der Waals surface area contributed by atoms with Gasteiger partial charge in [-0.1, -0.05) is 17.7 Å². The third-order valence-electron chi connectivity index (χ3n) is 2.55. The summed E-state index contributed by atoms with van der Waals surface area (Å²) in [6.45, 7) is 5.81. The van der Waals surface area contributed by atoms with E-state index in [2.05, 4.69) is 31.0 Å². The van der Waals surface area contributed by atoms with E-state index in [-0.39, 0.29) is 0 Å². The molecule has 0 radical (unpaired) electrons. The van der Waals surface area contributed by atoms with Gasteiger partial charge in [-0.3, -0.25) is 0 Å². The maximum atomic E-state index is 5.43. The molecular formula is C12H16N2O. The van der Waals surface area contributed by atoms with Gasteiger partial charge in [0.05, 0.1) is 12.2 Å². The zero-order valence-corrected chi connectivity index (χ0v) is 9.45. The van der Waals surface area contributed by atoms with Gasteiger partial charge in [0.15, 0.2) is 0 Å². The maximum Gasteiger partial charge on any atom is 0.292 e. The molecule has 0 N–H and O–H groups in total. The summed E-state index contributed by atoms with van der Waals surface area (Å²) in [4.78, 5) is 6.53. The van der Waals surface area contributed by atoms with Gasteiger partial charge in [0.2, 0.25) is 0 Å². The molecule has 3 nitrogen and oxygen atoms in total. The topological polar surface area (TPSA) is 24.8 Å². The van der Waals surface area contributed by atoms with E-state index >= 15 is 0 Å². The Hall–Kier alpha value is -1.51. The minimum atomic E-state index is 0.724. The quantitative estimate of drug-likeness (QED) is 0.701. The number of ether oxygens (including phenoxy) is 1. The highest BCUT2D eigenvalue weighted by Crippen LogP contribution is 2.20. The molecule has 0 saturated carbocycles. The summed E-state index contributed by atoms with van der Waals surface area (Å²) in [7, 11) is 2.00. The molecule has 0 spiro atoms. The van der Waals surface area contributed by atoms with Gasteiger partial charge in [-0.15, -0.1) is 0 Å². The van der Waals surface area contributed by atoms with Crippen molar-refractivity contribution in [2.75, 3.05) is 20.2 Å². The number of benzene rings is 1. The fourth-order valence-corrected chi connectivity index (χ4v) is 1.63. The molecule has 1 aliphatic rings. The van der Waals surface area contributed by atoms with E-state index < -0.39 is 0 Å². The second-order valence-corrected chi connectivity index (χ2v) is 3.95. The van der Waals surface area contributed by atoms with Crippen molar-refractivity contribution < 1.29 is 4.74 Å². The van der Waals surface area contributed by atoms with Gasteiger partial charge in [-0.2, -0.15) is 4.99 Å². The van der Waals surface area contributed by atoms with E-state index in [1.54, 1.807) is 0 Å². The van der Waals surface area contributed by atoms with Gasteiger partial charge in [-0.25, -0.2) is 0 Å². The van der Waals surface area contributed by atoms with Crippen molar-refractivity contribution in [2.45, 2.75) is 13.8 Å². The predicted molar refractivity (Wildman–Crippen MR) is 61.6 cm³/mol. The highest BCUT2D eigenvalue weighted by molar-refractivity contribution is 5.78. The summed E-state index contributed by atoms with van der Waals surface area (Å²) < 4.78 is 5.43. The van der Waals surface area contributed by atoms with Crippen LogP contribution in [0.25, 0.3) is 0 Å². The van der Waals surface area contributed by atoms with Gasteiger partial charge in [0.1, 0.15) is 6.61 Å². The lowest BCUT2D eigenvalue weighted by Gasteiger charge is -2.08. The number of aliphatic imine (C=N–C) groups is 1. The SMILES string of the molecule is Cc1ccc(/N=C2/OCCN2C)c(C)c1. The zero-order valence-electron chi connectivity index (χ0n) is 9.45. The van der Waals surface area contributed by atoms with E-state index in [0.717, 1.165) is 24.9 Å². The monoisotopic (exact) mass is 204 g/mol. The van der Waals surface area contributed by atoms with Crippen molar-refractivity contribution in [3.63, 3.8) is 0 Å². The summed E-state index contributed by atoms with van der Waals surface area (Å²) in [5, 5.41) is 0. The molecule has 0 unspecified atom stereocenters. The first-order chi connectivity index (χ1) is 7.16. The third kappa shape index (κ3) is 2.12. The first-order valence-electron chi connectivity index (χ1n) is 5.17. The van der Waals surface area contributed by atoms with Crippen molar-refractivity contribution in [2.24, 2.45) is 4.99 Å². The lowest BCUT2D eigenvalue weighted by molar-refractivity contribution is 0.352. The first-order valence-corrected chi connectivity index (χ1v) is 5.17. The van der Waals surface area contributed by atoms with Crippen molar-refractivity contribution in [3.05, 3.63) is 29.3 Å². The van der Waals surface area contributed by atoms with Crippen LogP contribution in [-0.2, 0) is 4.74 Å². The third-order valence-corrected chi connectivity index (χ3v) is 2.55. The number of aryl methyl sites for hydroxylation is 2. The molecule has 1 fully saturated rings. The maximum absolute atomic E-state index is 5.43. The normalized spacial score (nSPS) is 18.3. The van der Waals surface area contributed by atoms with Gasteiger partial charge in [0.25, 0.3) is 6.02 Å². The molecular weight excluding hydrogens is 188 g/mol. The van der Waals surface area contributed by atoms with Crippen molar-refractivity contribution in [1.29, 1.82) is 0 Å². The van der Waals surface area contributed by atoms with Crippen LogP contribution in [-0.4, -0.2) is 31.1 Å². The lowest BCUT2D eigenvalue weighted by atomic mass is 10.1. The van der Waals surface area contributed by atoms with Crippen LogP contribution in [0.4, 0.5) is 5.69 Å². The van der Waals surface area contributed by atoms with Crippen LogP contribution >= 0.6 is 0 Å². The van der Waals surface area contributed by atoms with E-state index in [4.69, 9.17) is 4.74 Å². The molecule has 0 aromatic heterocycles. The molecule has 80 valence electrons. The van der Waals surface area contributed by atoms with Crippen LogP contribution in [0.1, 0.15) is 11.1 Å². The van der Waals surface area contributed by atoms with Crippen LogP contribution in [0.3, 0.4) is 0 Å². The molecule has 0 amide bonds. The second-order valence-electron chi connectivity index (χ2n) is 3.95. The fraction of sp³-hybridized carbons (Fsp3) is 0.417. The van der Waals surface area contributed by atoms with Gasteiger partial charge in [0, 0.05) is 7.05 Å². The molecule has 1 heterocycles. The highest BCUT2D eigenvalue weighted by Gasteiger charge is 2.15. The molecule has 3 heteroatoms. The summed E-state index contributed by atoms with van der Waals surface area (Å²) in [5.41, 5.74) is 3.44. The van der Waals surface area contributed by atoms with Crippen LogP contribution in [0.5, 0.6) is 0 Å². The van der Waals surface area contributed by atoms with Crippen LogP contribution in [0.2, 0.25) is 0 Å². The Morgan fingerprint density at radius 1 is 1.33 bits per heavy atom. The Bertz CT molecular complexity index is 399. The van der Waals surface area contributed by atoms with E-state index in [9.17, 15) is 0 Å². The molecule has 0 aliphatic carbocycles. The minimum Gasteiger partial charge on any atom is -0.463 e. The smallest absolute Gasteiger partial charge is 0.292 e. The molecule has 0 bridgehead atoms. The number of amidine groups is 1. The van der Waals surface area contributed by atoms with Crippen molar-refractivity contribution >= 4 is 11.7 Å². The van der Waals surface area contributed by atoms with Crippen molar-refractivity contribution in [3.8, 4) is 0 Å². The summed E-state index contributed by atoms with van der Waals surface area (Å²) >= 11 is 0.